The molecule has 0 radical (unpaired) electrons. The molecule has 3 unspecified atom stereocenters. The van der Waals surface area contributed by atoms with E-state index in [2.05, 4.69) is 0 Å². The van der Waals surface area contributed by atoms with Crippen LogP contribution in [0.5, 0.6) is 0 Å². The Bertz CT molecular complexity index is 599. The molecule has 1 saturated heterocycles. The van der Waals surface area contributed by atoms with E-state index in [1.54, 1.807) is 0 Å². The summed E-state index contributed by atoms with van der Waals surface area (Å²) in [4.78, 5) is 25.1. The van der Waals surface area contributed by atoms with Crippen molar-refractivity contribution >= 4 is 11.8 Å². The first-order chi connectivity index (χ1) is 9.97. The fourth-order valence-electron chi connectivity index (χ4n) is 3.10. The van der Waals surface area contributed by atoms with E-state index in [4.69, 9.17) is 10.5 Å². The molecule has 0 saturated carbocycles. The first kappa shape index (κ1) is 14.2. The molecule has 1 fully saturated rings. The maximum absolute atomic E-state index is 12.2. The molecule has 2 N–H and O–H groups in total. The molecule has 0 aliphatic carbocycles. The highest BCUT2D eigenvalue weighted by atomic mass is 16.5. The third-order valence-corrected chi connectivity index (χ3v) is 4.51. The fourth-order valence-corrected chi connectivity index (χ4v) is 3.10. The molecule has 112 valence electrons. The first-order valence-corrected chi connectivity index (χ1v) is 7.28. The summed E-state index contributed by atoms with van der Waals surface area (Å²) in [7, 11) is 1.52. The van der Waals surface area contributed by atoms with Crippen LogP contribution in [0.1, 0.15) is 40.9 Å². The van der Waals surface area contributed by atoms with Gasteiger partial charge in [0.1, 0.15) is 0 Å². The number of likely N-dealkylation sites (N-methyl/N-ethyl adjacent to an activating group) is 1. The summed E-state index contributed by atoms with van der Waals surface area (Å²) in [6.45, 7) is 2.70. The molecular formula is C16H20N2O3. The first-order valence-electron chi connectivity index (χ1n) is 7.28. The monoisotopic (exact) mass is 288 g/mol. The minimum absolute atomic E-state index is 0.143. The van der Waals surface area contributed by atoms with Crippen molar-refractivity contribution in [2.75, 3.05) is 13.7 Å². The minimum atomic E-state index is -0.244. The standard InChI is InChI=1S/C16H20N2O3/c1-9-5-12(8-21-9)15(17)11-4-3-10-7-14(19)18(2)16(20)13(10)6-11/h3-4,6,9,12,15H,5,7-8,17H2,1-2H3. The Labute approximate surface area is 124 Å². The van der Waals surface area contributed by atoms with Crippen LogP contribution in [0.4, 0.5) is 0 Å². The number of hydrogen-bond acceptors (Lipinski definition) is 4. The molecular weight excluding hydrogens is 268 g/mol. The van der Waals surface area contributed by atoms with Crippen LogP contribution in [0.25, 0.3) is 0 Å². The van der Waals surface area contributed by atoms with Crippen molar-refractivity contribution in [3.05, 3.63) is 34.9 Å². The number of carbonyl (C=O) groups is 2. The summed E-state index contributed by atoms with van der Waals surface area (Å²) in [5.41, 5.74) is 8.65. The van der Waals surface area contributed by atoms with Crippen LogP contribution in [0.15, 0.2) is 18.2 Å². The fraction of sp³-hybridized carbons (Fsp3) is 0.500. The summed E-state index contributed by atoms with van der Waals surface area (Å²) >= 11 is 0. The Hall–Kier alpha value is -1.72. The van der Waals surface area contributed by atoms with Gasteiger partial charge in [-0.25, -0.2) is 0 Å². The van der Waals surface area contributed by atoms with Gasteiger partial charge in [-0.15, -0.1) is 0 Å². The number of rotatable bonds is 2. The molecule has 0 aromatic heterocycles. The zero-order valence-corrected chi connectivity index (χ0v) is 12.3. The van der Waals surface area contributed by atoms with Gasteiger partial charge in [-0.2, -0.15) is 0 Å². The average Bonchev–Trinajstić information content (AvgIpc) is 2.90. The molecule has 5 heteroatoms. The Morgan fingerprint density at radius 3 is 2.81 bits per heavy atom. The lowest BCUT2D eigenvalue weighted by Gasteiger charge is -2.25. The van der Waals surface area contributed by atoms with Gasteiger partial charge < -0.3 is 10.5 Å². The van der Waals surface area contributed by atoms with E-state index < -0.39 is 0 Å². The lowest BCUT2D eigenvalue weighted by molar-refractivity contribution is -0.127. The number of nitrogens with two attached hydrogens (primary N) is 1. The van der Waals surface area contributed by atoms with Crippen LogP contribution >= 0.6 is 0 Å². The smallest absolute Gasteiger partial charge is 0.260 e. The Morgan fingerprint density at radius 2 is 2.14 bits per heavy atom. The minimum Gasteiger partial charge on any atom is -0.378 e. The molecule has 1 aromatic carbocycles. The summed E-state index contributed by atoms with van der Waals surface area (Å²) in [5.74, 6) is -0.134. The van der Waals surface area contributed by atoms with Gasteiger partial charge in [0.15, 0.2) is 0 Å². The SMILES string of the molecule is CC1CC(C(N)c2ccc3c(c2)C(=O)N(C)C(=O)C3)CO1. The molecule has 0 spiro atoms. The number of hydrogen-bond donors (Lipinski definition) is 1. The van der Waals surface area contributed by atoms with Crippen molar-refractivity contribution in [3.63, 3.8) is 0 Å². The number of amides is 2. The predicted octanol–water partition coefficient (Wildman–Crippen LogP) is 1.27. The second-order valence-corrected chi connectivity index (χ2v) is 6.02. The third kappa shape index (κ3) is 2.47. The van der Waals surface area contributed by atoms with E-state index in [1.165, 1.54) is 11.9 Å². The van der Waals surface area contributed by atoms with E-state index in [9.17, 15) is 9.59 Å². The highest BCUT2D eigenvalue weighted by molar-refractivity contribution is 6.09. The maximum atomic E-state index is 12.2. The highest BCUT2D eigenvalue weighted by Crippen LogP contribution is 2.31. The summed E-state index contributed by atoms with van der Waals surface area (Å²) in [6, 6.07) is 5.48. The Balaban J connectivity index is 1.89. The van der Waals surface area contributed by atoms with Gasteiger partial charge in [-0.3, -0.25) is 14.5 Å². The number of ether oxygens (including phenoxy) is 1. The van der Waals surface area contributed by atoms with Crippen LogP contribution in [0, 0.1) is 5.92 Å². The Kier molecular flexibility index (Phi) is 3.55. The number of imide groups is 1. The molecule has 2 aliphatic rings. The van der Waals surface area contributed by atoms with Crippen LogP contribution < -0.4 is 5.73 Å². The second-order valence-electron chi connectivity index (χ2n) is 6.02. The summed E-state index contributed by atoms with van der Waals surface area (Å²) in [5, 5.41) is 0. The van der Waals surface area contributed by atoms with Crippen molar-refractivity contribution in [2.45, 2.75) is 31.9 Å². The van der Waals surface area contributed by atoms with Crippen molar-refractivity contribution < 1.29 is 14.3 Å². The van der Waals surface area contributed by atoms with Crippen LogP contribution in [0.3, 0.4) is 0 Å². The van der Waals surface area contributed by atoms with Gasteiger partial charge in [-0.1, -0.05) is 12.1 Å². The lowest BCUT2D eigenvalue weighted by atomic mass is 9.88. The van der Waals surface area contributed by atoms with Gasteiger partial charge in [0.25, 0.3) is 5.91 Å². The van der Waals surface area contributed by atoms with Gasteiger partial charge in [0, 0.05) is 24.6 Å². The van der Waals surface area contributed by atoms with E-state index in [0.717, 1.165) is 17.5 Å². The van der Waals surface area contributed by atoms with E-state index >= 15 is 0 Å². The van der Waals surface area contributed by atoms with Crippen LogP contribution in [-0.2, 0) is 16.0 Å². The molecule has 2 heterocycles. The van der Waals surface area contributed by atoms with Crippen LogP contribution in [0.2, 0.25) is 0 Å². The van der Waals surface area contributed by atoms with Gasteiger partial charge in [0.2, 0.25) is 5.91 Å². The van der Waals surface area contributed by atoms with Crippen molar-refractivity contribution in [3.8, 4) is 0 Å². The van der Waals surface area contributed by atoms with Crippen molar-refractivity contribution in [1.82, 2.24) is 4.90 Å². The average molecular weight is 288 g/mol. The molecule has 2 amide bonds. The largest absolute Gasteiger partial charge is 0.378 e. The van der Waals surface area contributed by atoms with Gasteiger partial charge in [-0.05, 0) is 30.5 Å². The molecule has 5 nitrogen and oxygen atoms in total. The van der Waals surface area contributed by atoms with Crippen molar-refractivity contribution in [1.29, 1.82) is 0 Å². The number of nitrogens with zero attached hydrogens (tertiary/aromatic N) is 1. The Morgan fingerprint density at radius 1 is 1.38 bits per heavy atom. The molecule has 1 aromatic rings. The molecule has 21 heavy (non-hydrogen) atoms. The van der Waals surface area contributed by atoms with Crippen molar-refractivity contribution in [2.24, 2.45) is 11.7 Å². The molecule has 2 aliphatic heterocycles. The topological polar surface area (TPSA) is 72.6 Å². The van der Waals surface area contributed by atoms with E-state index in [1.807, 2.05) is 25.1 Å². The van der Waals surface area contributed by atoms with Gasteiger partial charge >= 0.3 is 0 Å². The third-order valence-electron chi connectivity index (χ3n) is 4.51. The molecule has 3 rings (SSSR count). The second kappa shape index (κ2) is 5.24. The number of benzene rings is 1. The van der Waals surface area contributed by atoms with Gasteiger partial charge in [0.05, 0.1) is 19.1 Å². The van der Waals surface area contributed by atoms with Crippen LogP contribution in [-0.4, -0.2) is 36.5 Å². The summed E-state index contributed by atoms with van der Waals surface area (Å²) in [6.07, 6.45) is 1.45. The zero-order chi connectivity index (χ0) is 15.1. The number of fused-ring (bicyclic) bond motifs is 1. The number of carbonyl (C=O) groups excluding carboxylic acids is 2. The van der Waals surface area contributed by atoms with E-state index in [0.29, 0.717) is 12.2 Å². The zero-order valence-electron chi connectivity index (χ0n) is 12.3. The quantitative estimate of drug-likeness (QED) is 0.832. The maximum Gasteiger partial charge on any atom is 0.260 e. The normalized spacial score (nSPS) is 26.9. The lowest BCUT2D eigenvalue weighted by Crippen LogP contribution is -2.39. The molecule has 3 atom stereocenters. The summed E-state index contributed by atoms with van der Waals surface area (Å²) < 4.78 is 5.57. The van der Waals surface area contributed by atoms with E-state index in [-0.39, 0.29) is 36.3 Å². The molecule has 0 bridgehead atoms. The highest BCUT2D eigenvalue weighted by Gasteiger charge is 2.31. The predicted molar refractivity (Wildman–Crippen MR) is 77.7 cm³/mol.